The van der Waals surface area contributed by atoms with Gasteiger partial charge in [-0.2, -0.15) is 0 Å². The Balaban J connectivity index is 1.74. The molecule has 1 aromatic heterocycles. The molecule has 0 amide bonds. The first kappa shape index (κ1) is 22.5. The van der Waals surface area contributed by atoms with Gasteiger partial charge in [-0.15, -0.1) is 0 Å². The molecule has 3 heterocycles. The minimum absolute atomic E-state index is 0.0541. The van der Waals surface area contributed by atoms with Crippen LogP contribution in [0.2, 0.25) is 5.15 Å². The first-order valence-corrected chi connectivity index (χ1v) is 10.9. The van der Waals surface area contributed by atoms with E-state index in [4.69, 9.17) is 33.2 Å². The zero-order valence-electron chi connectivity index (χ0n) is 17.7. The van der Waals surface area contributed by atoms with Crippen molar-refractivity contribution in [1.82, 2.24) is 20.2 Å². The molecule has 2 fully saturated rings. The average Bonchev–Trinajstić information content (AvgIpc) is 2.75. The van der Waals surface area contributed by atoms with Crippen LogP contribution >= 0.6 is 11.6 Å². The summed E-state index contributed by atoms with van der Waals surface area (Å²) >= 11 is 6.45. The molecule has 0 unspecified atom stereocenters. The molecule has 0 radical (unpaired) electrons. The molecule has 0 aliphatic carbocycles. The number of halogens is 1. The van der Waals surface area contributed by atoms with Gasteiger partial charge in [0, 0.05) is 38.3 Å². The summed E-state index contributed by atoms with van der Waals surface area (Å²) < 4.78 is 5.16. The predicted molar refractivity (Wildman–Crippen MR) is 120 cm³/mol. The Morgan fingerprint density at radius 2 is 2.03 bits per heavy atom. The molecule has 10 nitrogen and oxygen atoms in total. The fraction of sp³-hybridized carbons (Fsp3) is 0.684. The highest BCUT2D eigenvalue weighted by Gasteiger charge is 2.33. The lowest BCUT2D eigenvalue weighted by atomic mass is 9.99. The smallest absolute Gasteiger partial charge is 0.288 e. The van der Waals surface area contributed by atoms with Gasteiger partial charge in [-0.05, 0) is 39.3 Å². The van der Waals surface area contributed by atoms with Crippen molar-refractivity contribution in [2.45, 2.75) is 45.2 Å². The molecule has 1 aromatic rings. The van der Waals surface area contributed by atoms with Crippen LogP contribution in [0.5, 0.6) is 0 Å². The zero-order valence-corrected chi connectivity index (χ0v) is 18.5. The predicted octanol–water partition coefficient (Wildman–Crippen LogP) is 1.04. The van der Waals surface area contributed by atoms with Gasteiger partial charge in [0.1, 0.15) is 0 Å². The number of hydrogen-bond acceptors (Lipinski definition) is 9. The summed E-state index contributed by atoms with van der Waals surface area (Å²) in [7, 11) is 0. The molecule has 166 valence electrons. The van der Waals surface area contributed by atoms with Gasteiger partial charge in [-0.3, -0.25) is 10.3 Å². The second-order valence-corrected chi connectivity index (χ2v) is 7.90. The highest BCUT2D eigenvalue weighted by Crippen LogP contribution is 2.29. The van der Waals surface area contributed by atoms with Crippen molar-refractivity contribution in [3.8, 4) is 0 Å². The maximum absolute atomic E-state index is 8.04. The van der Waals surface area contributed by atoms with Crippen molar-refractivity contribution in [1.29, 1.82) is 5.41 Å². The first-order chi connectivity index (χ1) is 14.4. The van der Waals surface area contributed by atoms with E-state index in [0.29, 0.717) is 24.4 Å². The van der Waals surface area contributed by atoms with Crippen molar-refractivity contribution < 1.29 is 4.74 Å². The Bertz CT molecular complexity index is 782. The van der Waals surface area contributed by atoms with E-state index in [-0.39, 0.29) is 28.6 Å². The third kappa shape index (κ3) is 5.11. The summed E-state index contributed by atoms with van der Waals surface area (Å²) in [5, 5.41) is 11.7. The zero-order chi connectivity index (χ0) is 21.7. The fourth-order valence-electron chi connectivity index (χ4n) is 4.17. The molecule has 0 saturated carbocycles. The van der Waals surface area contributed by atoms with Gasteiger partial charge in [-0.1, -0.05) is 18.5 Å². The van der Waals surface area contributed by atoms with Crippen molar-refractivity contribution >= 4 is 35.2 Å². The Morgan fingerprint density at radius 3 is 2.70 bits per heavy atom. The Hall–Kier alpha value is -2.17. The van der Waals surface area contributed by atoms with Crippen LogP contribution < -0.4 is 21.7 Å². The van der Waals surface area contributed by atoms with Crippen LogP contribution in [0.3, 0.4) is 0 Å². The van der Waals surface area contributed by atoms with E-state index in [2.05, 4.69) is 37.0 Å². The summed E-state index contributed by atoms with van der Waals surface area (Å²) in [5.41, 5.74) is 11.7. The summed E-state index contributed by atoms with van der Waals surface area (Å²) in [6, 6.07) is 0.927. The second kappa shape index (κ2) is 10.2. The van der Waals surface area contributed by atoms with Crippen LogP contribution in [0.1, 0.15) is 38.8 Å². The number of piperazine rings is 1. The molecule has 2 saturated heterocycles. The fourth-order valence-corrected chi connectivity index (χ4v) is 4.42. The average molecular weight is 438 g/mol. The highest BCUT2D eigenvalue weighted by atomic mass is 35.5. The lowest BCUT2D eigenvalue weighted by molar-refractivity contribution is 0.0936. The maximum atomic E-state index is 8.04. The Kier molecular flexibility index (Phi) is 7.68. The number of nitrogens with one attached hydrogen (secondary N) is 2. The van der Waals surface area contributed by atoms with Crippen LogP contribution in [0, 0.1) is 5.41 Å². The largest absolute Gasteiger partial charge is 0.405 e. The number of ether oxygens (including phenoxy) is 1. The van der Waals surface area contributed by atoms with Gasteiger partial charge < -0.3 is 26.4 Å². The molecule has 0 bridgehead atoms. The molecular formula is C19H32ClN9O. The third-order valence-electron chi connectivity index (χ3n) is 5.68. The number of nitrogens with two attached hydrogens (primary N) is 2. The minimum atomic E-state index is -0.328. The molecule has 2 aliphatic heterocycles. The normalized spacial score (nSPS) is 21.6. The number of hydrogen-bond donors (Lipinski definition) is 4. The van der Waals surface area contributed by atoms with Gasteiger partial charge in [-0.25, -0.2) is 15.0 Å². The van der Waals surface area contributed by atoms with Gasteiger partial charge >= 0.3 is 0 Å². The molecular weight excluding hydrogens is 406 g/mol. The van der Waals surface area contributed by atoms with E-state index in [1.807, 2.05) is 6.92 Å². The van der Waals surface area contributed by atoms with E-state index in [0.717, 1.165) is 39.1 Å². The lowest BCUT2D eigenvalue weighted by Crippen LogP contribution is -2.58. The van der Waals surface area contributed by atoms with Gasteiger partial charge in [0.15, 0.2) is 22.5 Å². The molecule has 1 atom stereocenters. The maximum Gasteiger partial charge on any atom is 0.288 e. The molecule has 0 aromatic carbocycles. The summed E-state index contributed by atoms with van der Waals surface area (Å²) in [6.07, 6.45) is 3.42. The van der Waals surface area contributed by atoms with Crippen LogP contribution in [0.15, 0.2) is 4.99 Å². The van der Waals surface area contributed by atoms with Crippen LogP contribution in [0.4, 0.5) is 11.6 Å². The van der Waals surface area contributed by atoms with Crippen LogP contribution in [-0.4, -0.2) is 78.1 Å². The second-order valence-electron chi connectivity index (χ2n) is 7.54. The first-order valence-electron chi connectivity index (χ1n) is 10.6. The van der Waals surface area contributed by atoms with Gasteiger partial charge in [0.2, 0.25) is 5.90 Å². The summed E-state index contributed by atoms with van der Waals surface area (Å²) in [4.78, 5) is 17.4. The van der Waals surface area contributed by atoms with Gasteiger partial charge in [0.25, 0.3) is 6.02 Å². The van der Waals surface area contributed by atoms with E-state index in [1.54, 1.807) is 0 Å². The topological polar surface area (TPSA) is 142 Å². The molecule has 30 heavy (non-hydrogen) atoms. The standard InChI is InChI=1S/C19H32ClN9O/c1-3-12-11-28(9-10-29(12)13-5-7-24-8-6-13)18-15(20)26-14(16(21)27-18)17(22)30-19(23)25-4-2/h12-13,22,24H,3-11H2,1-2H3,(H2,21,27)(H2,23,25)/t12-/m0/s1. The van der Waals surface area contributed by atoms with Crippen LogP contribution in [0.25, 0.3) is 0 Å². The van der Waals surface area contributed by atoms with Crippen molar-refractivity contribution in [3.05, 3.63) is 10.8 Å². The summed E-state index contributed by atoms with van der Waals surface area (Å²) in [6.45, 7) is 9.21. The van der Waals surface area contributed by atoms with E-state index in [1.165, 1.54) is 12.8 Å². The molecule has 3 rings (SSSR count). The number of rotatable bonds is 5. The van der Waals surface area contributed by atoms with Crippen LogP contribution in [-0.2, 0) is 4.74 Å². The number of piperidine rings is 1. The quantitative estimate of drug-likeness (QED) is 0.395. The Morgan fingerprint density at radius 1 is 1.30 bits per heavy atom. The number of aromatic nitrogens is 2. The number of amidine groups is 1. The van der Waals surface area contributed by atoms with E-state index < -0.39 is 0 Å². The number of aliphatic imine (C=N–C) groups is 1. The third-order valence-corrected chi connectivity index (χ3v) is 5.93. The minimum Gasteiger partial charge on any atom is -0.405 e. The monoisotopic (exact) mass is 437 g/mol. The molecule has 11 heteroatoms. The SMILES string of the molecule is CCN=C(N)OC(=N)c1nc(Cl)c(N2CCN(C3CCNCC3)[C@@H](CC)C2)nc1N. The van der Waals surface area contributed by atoms with Gasteiger partial charge in [0.05, 0.1) is 0 Å². The summed E-state index contributed by atoms with van der Waals surface area (Å²) in [5.74, 6) is 0.298. The van der Waals surface area contributed by atoms with Crippen molar-refractivity contribution in [3.63, 3.8) is 0 Å². The van der Waals surface area contributed by atoms with Crippen molar-refractivity contribution in [2.24, 2.45) is 10.7 Å². The highest BCUT2D eigenvalue weighted by molar-refractivity contribution is 6.32. The molecule has 6 N–H and O–H groups in total. The molecule has 0 spiro atoms. The molecule has 2 aliphatic rings. The number of nitrogens with zero attached hydrogens (tertiary/aromatic N) is 5. The number of nitrogen functional groups attached to an aromatic ring is 1. The van der Waals surface area contributed by atoms with E-state index in [9.17, 15) is 0 Å². The van der Waals surface area contributed by atoms with Crippen molar-refractivity contribution in [2.75, 3.05) is 49.9 Å². The number of anilines is 2. The Labute approximate surface area is 182 Å². The lowest BCUT2D eigenvalue weighted by Gasteiger charge is -2.46. The van der Waals surface area contributed by atoms with E-state index >= 15 is 0 Å².